The molecule has 348 valence electrons. The van der Waals surface area contributed by atoms with Crippen molar-refractivity contribution in [1.82, 2.24) is 0 Å². The zero-order valence-corrected chi connectivity index (χ0v) is 41.5. The first-order chi connectivity index (χ1) is 35.3. The smallest absolute Gasteiger partial charge is 0.0541 e. The molecule has 0 aliphatic rings. The van der Waals surface area contributed by atoms with E-state index in [4.69, 9.17) is 0 Å². The van der Waals surface area contributed by atoms with Gasteiger partial charge in [-0.2, -0.15) is 0 Å². The van der Waals surface area contributed by atoms with E-state index in [1.807, 2.05) is 0 Å². The molecule has 0 saturated carbocycles. The second kappa shape index (κ2) is 21.8. The summed E-state index contributed by atoms with van der Waals surface area (Å²) >= 11 is 0. The molecule has 0 N–H and O–H groups in total. The summed E-state index contributed by atoms with van der Waals surface area (Å²) in [6, 6.07) is 83.5. The molecule has 0 aliphatic heterocycles. The third kappa shape index (κ3) is 11.4. The van der Waals surface area contributed by atoms with Crippen molar-refractivity contribution in [3.63, 3.8) is 0 Å². The van der Waals surface area contributed by atoms with Crippen LogP contribution >= 0.6 is 0 Å². The van der Waals surface area contributed by atoms with Gasteiger partial charge in [0, 0.05) is 33.5 Å². The van der Waals surface area contributed by atoms with E-state index >= 15 is 0 Å². The Morgan fingerprint density at radius 2 is 0.389 bits per heavy atom. The van der Waals surface area contributed by atoms with E-state index in [1.54, 1.807) is 0 Å². The summed E-state index contributed by atoms with van der Waals surface area (Å²) < 4.78 is 0. The van der Waals surface area contributed by atoms with Gasteiger partial charge in [-0.3, -0.25) is 0 Å². The first kappa shape index (κ1) is 46.7. The number of nitrogens with zero attached hydrogens (tertiary/aromatic N) is 2. The highest BCUT2D eigenvalue weighted by atomic mass is 15.2. The Hall–Kier alpha value is -8.98. The van der Waals surface area contributed by atoms with E-state index < -0.39 is 0 Å². The van der Waals surface area contributed by atoms with Crippen molar-refractivity contribution in [1.29, 1.82) is 0 Å². The number of anilines is 6. The molecule has 72 heavy (non-hydrogen) atoms. The Morgan fingerprint density at radius 3 is 0.583 bits per heavy atom. The molecule has 10 rings (SSSR count). The van der Waals surface area contributed by atoms with Crippen molar-refractivity contribution in [2.24, 2.45) is 0 Å². The lowest BCUT2D eigenvalue weighted by atomic mass is 10.0. The second-order valence-corrected chi connectivity index (χ2v) is 18.7. The van der Waals surface area contributed by atoms with Gasteiger partial charge < -0.3 is 9.80 Å². The Bertz CT molecular complexity index is 3080. The van der Waals surface area contributed by atoms with Crippen LogP contribution in [0.4, 0.5) is 34.1 Å². The third-order valence-corrected chi connectivity index (χ3v) is 13.1. The maximum Gasteiger partial charge on any atom is 0.0541 e. The van der Waals surface area contributed by atoms with Gasteiger partial charge in [-0.15, -0.1) is 0 Å². The van der Waals surface area contributed by atoms with Crippen LogP contribution in [-0.2, 0) is 0 Å². The van der Waals surface area contributed by atoms with Crippen molar-refractivity contribution in [2.75, 3.05) is 9.80 Å². The van der Waals surface area contributed by atoms with Gasteiger partial charge in [0.15, 0.2) is 0 Å². The SMILES string of the molecule is Cc1ccc(C=Cc2ccc(N(c3ccc(C=Cc4ccc(C)cc4)cc3)c3ccc(N(c4ccc(C=Cc5ccc(C)cc5)cc4)c4ccc(C=Cc5ccc(C)cc5)cc4)c4ccccc34)cc2)cc1. The van der Waals surface area contributed by atoms with Gasteiger partial charge in [-0.1, -0.05) is 241 Å². The molecule has 0 bridgehead atoms. The minimum Gasteiger partial charge on any atom is -0.310 e. The number of hydrogen-bond donors (Lipinski definition) is 0. The quantitative estimate of drug-likeness (QED) is 0.100. The van der Waals surface area contributed by atoms with E-state index in [2.05, 4.69) is 317 Å². The molecule has 0 aliphatic carbocycles. The van der Waals surface area contributed by atoms with Crippen LogP contribution in [0.25, 0.3) is 59.4 Å². The van der Waals surface area contributed by atoms with Crippen LogP contribution in [0.5, 0.6) is 0 Å². The molecule has 0 fully saturated rings. The molecular weight excluding hydrogens is 869 g/mol. The van der Waals surface area contributed by atoms with Crippen molar-refractivity contribution >= 4 is 93.5 Å². The monoisotopic (exact) mass is 926 g/mol. The Kier molecular flexibility index (Phi) is 14.1. The van der Waals surface area contributed by atoms with E-state index in [-0.39, 0.29) is 0 Å². The maximum absolute atomic E-state index is 2.39. The lowest BCUT2D eigenvalue weighted by Gasteiger charge is -2.31. The maximum atomic E-state index is 2.39. The summed E-state index contributed by atoms with van der Waals surface area (Å²) in [4.78, 5) is 4.78. The van der Waals surface area contributed by atoms with Crippen LogP contribution in [-0.4, -0.2) is 0 Å². The fraction of sp³-hybridized carbons (Fsp3) is 0.0571. The zero-order valence-electron chi connectivity index (χ0n) is 41.5. The summed E-state index contributed by atoms with van der Waals surface area (Å²) in [6.07, 6.45) is 17.5. The minimum atomic E-state index is 1.07. The first-order valence-corrected chi connectivity index (χ1v) is 24.8. The fourth-order valence-electron chi connectivity index (χ4n) is 8.93. The zero-order chi connectivity index (χ0) is 49.2. The average molecular weight is 927 g/mol. The molecular formula is C70H58N2. The second-order valence-electron chi connectivity index (χ2n) is 18.7. The largest absolute Gasteiger partial charge is 0.310 e. The molecule has 0 radical (unpaired) electrons. The molecule has 2 nitrogen and oxygen atoms in total. The van der Waals surface area contributed by atoms with Crippen molar-refractivity contribution < 1.29 is 0 Å². The van der Waals surface area contributed by atoms with Crippen LogP contribution in [0.3, 0.4) is 0 Å². The predicted molar refractivity (Wildman–Crippen MR) is 314 cm³/mol. The van der Waals surface area contributed by atoms with Gasteiger partial charge in [-0.05, 0) is 133 Å². The van der Waals surface area contributed by atoms with E-state index in [9.17, 15) is 0 Å². The number of fused-ring (bicyclic) bond motifs is 1. The Balaban J connectivity index is 1.05. The normalized spacial score (nSPS) is 11.7. The number of hydrogen-bond acceptors (Lipinski definition) is 2. The number of aryl methyl sites for hydroxylation is 4. The van der Waals surface area contributed by atoms with Crippen LogP contribution in [0, 0.1) is 27.7 Å². The third-order valence-electron chi connectivity index (χ3n) is 13.1. The highest BCUT2D eigenvalue weighted by molar-refractivity contribution is 6.07. The van der Waals surface area contributed by atoms with Gasteiger partial charge in [0.05, 0.1) is 11.4 Å². The van der Waals surface area contributed by atoms with Crippen molar-refractivity contribution in [3.8, 4) is 0 Å². The lowest BCUT2D eigenvalue weighted by molar-refractivity contribution is 1.27. The first-order valence-electron chi connectivity index (χ1n) is 24.8. The Morgan fingerprint density at radius 1 is 0.208 bits per heavy atom. The molecule has 0 heterocycles. The van der Waals surface area contributed by atoms with Crippen LogP contribution in [0.15, 0.2) is 231 Å². The summed E-state index contributed by atoms with van der Waals surface area (Å²) in [5.74, 6) is 0. The predicted octanol–water partition coefficient (Wildman–Crippen LogP) is 19.7. The molecule has 0 spiro atoms. The highest BCUT2D eigenvalue weighted by Gasteiger charge is 2.21. The van der Waals surface area contributed by atoms with E-state index in [1.165, 1.54) is 44.5 Å². The topological polar surface area (TPSA) is 6.48 Å². The van der Waals surface area contributed by atoms with E-state index in [0.29, 0.717) is 0 Å². The van der Waals surface area contributed by atoms with Crippen LogP contribution < -0.4 is 9.80 Å². The van der Waals surface area contributed by atoms with Crippen molar-refractivity contribution in [2.45, 2.75) is 27.7 Å². The Labute approximate surface area is 426 Å². The summed E-state index contributed by atoms with van der Waals surface area (Å²) in [5, 5.41) is 2.28. The number of rotatable bonds is 14. The molecule has 0 atom stereocenters. The molecule has 10 aromatic carbocycles. The van der Waals surface area contributed by atoms with Crippen LogP contribution in [0.1, 0.15) is 66.8 Å². The van der Waals surface area contributed by atoms with Gasteiger partial charge in [0.2, 0.25) is 0 Å². The van der Waals surface area contributed by atoms with Crippen molar-refractivity contribution in [3.05, 3.63) is 297 Å². The molecule has 10 aromatic rings. The molecule has 0 aromatic heterocycles. The van der Waals surface area contributed by atoms with Gasteiger partial charge >= 0.3 is 0 Å². The van der Waals surface area contributed by atoms with Gasteiger partial charge in [-0.25, -0.2) is 0 Å². The average Bonchev–Trinajstić information content (AvgIpc) is 3.42. The number of benzene rings is 10. The molecule has 0 saturated heterocycles. The lowest BCUT2D eigenvalue weighted by Crippen LogP contribution is -2.13. The standard InChI is InChI=1S/C70H58N2/c1-51-9-17-55(18-10-51)25-29-59-33-41-63(42-34-59)71(64-43-35-60(36-44-64)30-26-56-19-11-52(2)12-20-56)69-49-50-70(68-8-6-5-7-67(68)69)72(65-45-37-61(38-46-65)31-27-57-21-13-53(3)14-22-57)66-47-39-62(40-48-66)32-28-58-23-15-54(4)16-24-58/h5-50H,1-4H3. The molecule has 2 heteroatoms. The van der Waals surface area contributed by atoms with Gasteiger partial charge in [0.1, 0.15) is 0 Å². The fourth-order valence-corrected chi connectivity index (χ4v) is 8.93. The summed E-state index contributed by atoms with van der Waals surface area (Å²) in [7, 11) is 0. The molecule has 0 unspecified atom stereocenters. The summed E-state index contributed by atoms with van der Waals surface area (Å²) in [5.41, 5.74) is 20.8. The van der Waals surface area contributed by atoms with Crippen LogP contribution in [0.2, 0.25) is 0 Å². The van der Waals surface area contributed by atoms with E-state index in [0.717, 1.165) is 67.2 Å². The highest BCUT2D eigenvalue weighted by Crippen LogP contribution is 2.45. The van der Waals surface area contributed by atoms with Gasteiger partial charge in [0.25, 0.3) is 0 Å². The minimum absolute atomic E-state index is 1.07. The molecule has 0 amide bonds. The summed E-state index contributed by atoms with van der Waals surface area (Å²) in [6.45, 7) is 8.49.